The van der Waals surface area contributed by atoms with E-state index >= 15 is 0 Å². The minimum Gasteiger partial charge on any atom is -0.316 e. The second-order valence-electron chi connectivity index (χ2n) is 8.50. The van der Waals surface area contributed by atoms with Crippen LogP contribution in [0.3, 0.4) is 0 Å². The Kier molecular flexibility index (Phi) is 10.4. The predicted molar refractivity (Wildman–Crippen MR) is 144 cm³/mol. The van der Waals surface area contributed by atoms with Gasteiger partial charge in [0.15, 0.2) is 0 Å². The van der Waals surface area contributed by atoms with Crippen LogP contribution in [0.25, 0.3) is 11.3 Å². The number of benzene rings is 1. The summed E-state index contributed by atoms with van der Waals surface area (Å²) in [7, 11) is -1.93. The number of hydrogen-bond acceptors (Lipinski definition) is 4. The molecule has 1 aliphatic carbocycles. The first-order valence-electron chi connectivity index (χ1n) is 11.3. The molecule has 1 fully saturated rings. The fourth-order valence-electron chi connectivity index (χ4n) is 4.68. The minimum atomic E-state index is -3.78. The molecule has 1 aliphatic rings. The van der Waals surface area contributed by atoms with Crippen molar-refractivity contribution in [1.29, 1.82) is 0 Å². The van der Waals surface area contributed by atoms with Gasteiger partial charge in [-0.25, -0.2) is 12.4 Å². The molecule has 1 N–H and O–H groups in total. The molecule has 1 atom stereocenters. The van der Waals surface area contributed by atoms with Crippen LogP contribution in [-0.4, -0.2) is 24.4 Å². The number of nitrogens with one attached hydrogen (secondary N) is 1. The fourth-order valence-corrected chi connectivity index (χ4v) is 6.36. The number of nitrogens with zero attached hydrogens (tertiary/aromatic N) is 2. The Morgan fingerprint density at radius 1 is 1.15 bits per heavy atom. The molecular weight excluding hydrogens is 489 g/mol. The molecule has 0 saturated heterocycles. The average molecular weight is 523 g/mol. The van der Waals surface area contributed by atoms with Gasteiger partial charge in [0.05, 0.1) is 5.69 Å². The Balaban J connectivity index is 0.00000204. The highest BCUT2D eigenvalue weighted by atomic mass is 35.5. The van der Waals surface area contributed by atoms with Crippen LogP contribution in [0.15, 0.2) is 73.7 Å². The van der Waals surface area contributed by atoms with E-state index in [0.29, 0.717) is 23.7 Å². The summed E-state index contributed by atoms with van der Waals surface area (Å²) in [6.07, 6.45) is 12.8. The predicted octanol–water partition coefficient (Wildman–Crippen LogP) is 6.27. The highest BCUT2D eigenvalue weighted by molar-refractivity contribution is 7.90. The molecule has 8 heteroatoms. The van der Waals surface area contributed by atoms with Crippen LogP contribution in [0.4, 0.5) is 0 Å². The third-order valence-corrected chi connectivity index (χ3v) is 8.29. The van der Waals surface area contributed by atoms with E-state index in [1.54, 1.807) is 30.7 Å². The Morgan fingerprint density at radius 3 is 2.44 bits per heavy atom. The maximum absolute atomic E-state index is 13.7. The second kappa shape index (κ2) is 12.5. The summed E-state index contributed by atoms with van der Waals surface area (Å²) in [5.74, 6) is 0.615. The summed E-state index contributed by atoms with van der Waals surface area (Å²) in [6.45, 7) is 4.39. The summed E-state index contributed by atoms with van der Waals surface area (Å²) in [5, 5.41) is 2.23. The molecule has 0 bridgehead atoms. The summed E-state index contributed by atoms with van der Waals surface area (Å²) in [6, 6.07) is 13.9. The first-order valence-corrected chi connectivity index (χ1v) is 12.8. The van der Waals surface area contributed by atoms with Crippen molar-refractivity contribution in [3.8, 4) is 11.3 Å². The van der Waals surface area contributed by atoms with E-state index in [2.05, 4.69) is 41.1 Å². The highest BCUT2D eigenvalue weighted by Gasteiger charge is 2.29. The van der Waals surface area contributed by atoms with Crippen LogP contribution in [0, 0.1) is 0 Å². The molecule has 0 amide bonds. The van der Waals surface area contributed by atoms with Gasteiger partial charge in [0.1, 0.15) is 5.25 Å². The molecule has 5 nitrogen and oxygen atoms in total. The highest BCUT2D eigenvalue weighted by Crippen LogP contribution is 2.35. The van der Waals surface area contributed by atoms with Gasteiger partial charge in [0, 0.05) is 25.1 Å². The molecule has 1 unspecified atom stereocenters. The van der Waals surface area contributed by atoms with Gasteiger partial charge in [-0.3, -0.25) is 4.98 Å². The normalized spacial score (nSPS) is 15.1. The van der Waals surface area contributed by atoms with Crippen molar-refractivity contribution >= 4 is 34.8 Å². The number of halogens is 2. The van der Waals surface area contributed by atoms with Gasteiger partial charge in [-0.2, -0.15) is 0 Å². The number of hydrogen-bond donors (Lipinski definition) is 1. The lowest BCUT2D eigenvalue weighted by atomic mass is 9.84. The van der Waals surface area contributed by atoms with Crippen molar-refractivity contribution < 1.29 is 8.42 Å². The smallest absolute Gasteiger partial charge is 0.249 e. The van der Waals surface area contributed by atoms with Gasteiger partial charge in [0.2, 0.25) is 10.0 Å². The topological polar surface area (TPSA) is 64.0 Å². The molecule has 1 saturated carbocycles. The summed E-state index contributed by atoms with van der Waals surface area (Å²) >= 11 is 0. The van der Waals surface area contributed by atoms with Crippen molar-refractivity contribution in [1.82, 2.24) is 14.3 Å². The molecule has 0 radical (unpaired) electrons. The van der Waals surface area contributed by atoms with Gasteiger partial charge < -0.3 is 5.32 Å². The van der Waals surface area contributed by atoms with Gasteiger partial charge >= 0.3 is 0 Å². The van der Waals surface area contributed by atoms with E-state index in [1.165, 1.54) is 47.7 Å². The average Bonchev–Trinajstić information content (AvgIpc) is 3.26. The van der Waals surface area contributed by atoms with Crippen LogP contribution in [-0.2, 0) is 16.6 Å². The van der Waals surface area contributed by atoms with Gasteiger partial charge in [-0.15, -0.1) is 31.4 Å². The van der Waals surface area contributed by atoms with Crippen molar-refractivity contribution in [2.75, 3.05) is 7.05 Å². The molecule has 184 valence electrons. The molecule has 4 rings (SSSR count). The summed E-state index contributed by atoms with van der Waals surface area (Å²) in [5.41, 5.74) is 4.43. The second-order valence-corrected chi connectivity index (χ2v) is 10.4. The lowest BCUT2D eigenvalue weighted by Gasteiger charge is -2.22. The molecule has 0 spiro atoms. The number of pyridine rings is 1. The molecule has 34 heavy (non-hydrogen) atoms. The molecule has 3 aromatic rings. The van der Waals surface area contributed by atoms with E-state index in [0.717, 1.165) is 11.1 Å². The van der Waals surface area contributed by atoms with E-state index in [4.69, 9.17) is 0 Å². The Morgan fingerprint density at radius 2 is 1.85 bits per heavy atom. The van der Waals surface area contributed by atoms with Crippen LogP contribution < -0.4 is 5.32 Å². The Hall–Kier alpha value is -2.12. The van der Waals surface area contributed by atoms with Gasteiger partial charge in [0.25, 0.3) is 0 Å². The van der Waals surface area contributed by atoms with Gasteiger partial charge in [-0.05, 0) is 60.2 Å². The van der Waals surface area contributed by atoms with E-state index in [-0.39, 0.29) is 24.8 Å². The third-order valence-electron chi connectivity index (χ3n) is 6.33. The molecule has 2 aromatic heterocycles. The van der Waals surface area contributed by atoms with Crippen molar-refractivity contribution in [3.05, 3.63) is 90.4 Å². The first kappa shape index (κ1) is 28.1. The van der Waals surface area contributed by atoms with Crippen molar-refractivity contribution in [2.24, 2.45) is 0 Å². The Bertz CT molecular complexity index is 1160. The SMILES string of the molecule is C=CC(c1cccnc1)S(=O)(=O)n1cc(CNC)cc1-c1ccc(C2CCCCC2)cc1.Cl.Cl. The lowest BCUT2D eigenvalue weighted by Crippen LogP contribution is -2.20. The van der Waals surface area contributed by atoms with Crippen molar-refractivity contribution in [3.63, 3.8) is 0 Å². The van der Waals surface area contributed by atoms with Crippen LogP contribution >= 0.6 is 24.8 Å². The standard InChI is InChI=1S/C26H31N3O2S.2ClH/c1-3-26(24-10-7-15-28-18-24)32(30,31)29-19-20(17-27-2)16-25(29)23-13-11-22(12-14-23)21-8-5-4-6-9-21;;/h3,7,10-16,18-19,21,26-27H,1,4-6,8-9,17H2,2H3;2*1H. The largest absolute Gasteiger partial charge is 0.316 e. The van der Waals surface area contributed by atoms with Crippen LogP contribution in [0.5, 0.6) is 0 Å². The van der Waals surface area contributed by atoms with Crippen LogP contribution in [0.1, 0.15) is 60.0 Å². The Labute approximate surface area is 215 Å². The first-order chi connectivity index (χ1) is 15.5. The minimum absolute atomic E-state index is 0. The van der Waals surface area contributed by atoms with E-state index in [9.17, 15) is 8.42 Å². The van der Waals surface area contributed by atoms with Crippen LogP contribution in [0.2, 0.25) is 0 Å². The summed E-state index contributed by atoms with van der Waals surface area (Å²) < 4.78 is 28.9. The lowest BCUT2D eigenvalue weighted by molar-refractivity contribution is 0.443. The molecule has 1 aromatic carbocycles. The molecule has 0 aliphatic heterocycles. The van der Waals surface area contributed by atoms with E-state index < -0.39 is 15.3 Å². The quantitative estimate of drug-likeness (QED) is 0.355. The monoisotopic (exact) mass is 521 g/mol. The van der Waals surface area contributed by atoms with Crippen molar-refractivity contribution in [2.45, 2.75) is 49.8 Å². The van der Waals surface area contributed by atoms with Gasteiger partial charge in [-0.1, -0.05) is 55.7 Å². The zero-order chi connectivity index (χ0) is 22.6. The number of aromatic nitrogens is 2. The maximum Gasteiger partial charge on any atom is 0.249 e. The molecular formula is C26H33Cl2N3O2S. The maximum atomic E-state index is 13.7. The van der Waals surface area contributed by atoms with E-state index in [1.807, 2.05) is 13.1 Å². The third kappa shape index (κ3) is 5.92. The molecule has 2 heterocycles. The number of rotatable bonds is 8. The fraction of sp³-hybridized carbons (Fsp3) is 0.346. The zero-order valence-corrected chi connectivity index (χ0v) is 21.8. The summed E-state index contributed by atoms with van der Waals surface area (Å²) in [4.78, 5) is 4.10. The zero-order valence-electron chi connectivity index (χ0n) is 19.4.